The van der Waals surface area contributed by atoms with Gasteiger partial charge in [0.25, 0.3) is 0 Å². The molecule has 0 atom stereocenters. The molecule has 5 aromatic rings. The highest BCUT2D eigenvalue weighted by atomic mass is 32.1. The summed E-state index contributed by atoms with van der Waals surface area (Å²) in [7, 11) is 1.69. The smallest absolute Gasteiger partial charge is 0.141 e. The molecule has 0 fully saturated rings. The Morgan fingerprint density at radius 3 is 2.55 bits per heavy atom. The molecule has 0 aliphatic rings. The fourth-order valence-corrected chi connectivity index (χ4v) is 4.30. The van der Waals surface area contributed by atoms with E-state index < -0.39 is 0 Å². The zero-order valence-corrected chi connectivity index (χ0v) is 17.9. The topological polar surface area (TPSA) is 26.5 Å². The Morgan fingerprint density at radius 2 is 1.74 bits per heavy atom. The second kappa shape index (κ2) is 8.51. The van der Waals surface area contributed by atoms with Gasteiger partial charge in [0.1, 0.15) is 11.4 Å². The number of thiophene rings is 1. The molecule has 3 nitrogen and oxygen atoms in total. The van der Waals surface area contributed by atoms with E-state index in [1.54, 1.807) is 18.4 Å². The average Bonchev–Trinajstić information content (AvgIpc) is 3.46. The number of benzene rings is 2. The molecule has 0 aliphatic carbocycles. The van der Waals surface area contributed by atoms with E-state index >= 15 is 0 Å². The monoisotopic (exact) mass is 420 g/mol. The Morgan fingerprint density at radius 1 is 0.903 bits per heavy atom. The fourth-order valence-electron chi connectivity index (χ4n) is 3.49. The quantitative estimate of drug-likeness (QED) is 0.330. The van der Waals surface area contributed by atoms with Gasteiger partial charge in [-0.25, -0.2) is 4.98 Å². The minimum absolute atomic E-state index is 0.822. The number of ether oxygens (including phenoxy) is 1. The molecular formula is C27H20N2OS. The van der Waals surface area contributed by atoms with Crippen molar-refractivity contribution in [2.24, 2.45) is 0 Å². The minimum atomic E-state index is 0.822. The average molecular weight is 421 g/mol. The number of imidazole rings is 1. The lowest BCUT2D eigenvalue weighted by Crippen LogP contribution is -1.93. The maximum atomic E-state index is 5.26. The normalized spacial score (nSPS) is 10.6. The first-order valence-electron chi connectivity index (χ1n) is 10.1. The Labute approximate surface area is 185 Å². The van der Waals surface area contributed by atoms with E-state index in [1.807, 2.05) is 48.7 Å². The van der Waals surface area contributed by atoms with Gasteiger partial charge in [-0.1, -0.05) is 48.2 Å². The fraction of sp³-hybridized carbons (Fsp3) is 0.0741. The summed E-state index contributed by atoms with van der Waals surface area (Å²) in [5.74, 6) is 7.35. The molecule has 0 N–H and O–H groups in total. The van der Waals surface area contributed by atoms with Crippen molar-refractivity contribution in [2.45, 2.75) is 6.42 Å². The van der Waals surface area contributed by atoms with Gasteiger partial charge in [-0.05, 0) is 53.6 Å². The molecule has 150 valence electrons. The highest BCUT2D eigenvalue weighted by molar-refractivity contribution is 7.16. The van der Waals surface area contributed by atoms with Crippen LogP contribution in [0.15, 0.2) is 91.3 Å². The van der Waals surface area contributed by atoms with Crippen molar-refractivity contribution < 1.29 is 4.74 Å². The molecule has 0 spiro atoms. The number of nitrogens with zero attached hydrogens (tertiary/aromatic N) is 2. The summed E-state index contributed by atoms with van der Waals surface area (Å²) in [4.78, 5) is 7.10. The second-order valence-corrected chi connectivity index (χ2v) is 8.28. The van der Waals surface area contributed by atoms with E-state index in [-0.39, 0.29) is 0 Å². The molecule has 0 bridgehead atoms. The summed E-state index contributed by atoms with van der Waals surface area (Å²) in [6, 6.07) is 26.6. The van der Waals surface area contributed by atoms with E-state index in [4.69, 9.17) is 9.72 Å². The molecule has 31 heavy (non-hydrogen) atoms. The minimum Gasteiger partial charge on any atom is -0.497 e. The van der Waals surface area contributed by atoms with Crippen molar-refractivity contribution in [2.75, 3.05) is 7.11 Å². The van der Waals surface area contributed by atoms with Crippen LogP contribution in [-0.4, -0.2) is 16.5 Å². The summed E-state index contributed by atoms with van der Waals surface area (Å²) in [5.41, 5.74) is 5.40. The summed E-state index contributed by atoms with van der Waals surface area (Å²) in [5, 5.41) is 0. The van der Waals surface area contributed by atoms with Crippen LogP contribution in [0.3, 0.4) is 0 Å². The lowest BCUT2D eigenvalue weighted by Gasteiger charge is -2.05. The number of methoxy groups -OCH3 is 1. The molecule has 0 radical (unpaired) electrons. The summed E-state index contributed by atoms with van der Waals surface area (Å²) in [6.07, 6.45) is 4.96. The van der Waals surface area contributed by atoms with Gasteiger partial charge in [0.2, 0.25) is 0 Å². The van der Waals surface area contributed by atoms with Crippen LogP contribution in [0.1, 0.15) is 21.6 Å². The molecule has 0 saturated carbocycles. The van der Waals surface area contributed by atoms with Crippen LogP contribution in [-0.2, 0) is 6.42 Å². The van der Waals surface area contributed by atoms with Gasteiger partial charge in [0.15, 0.2) is 0 Å². The van der Waals surface area contributed by atoms with Gasteiger partial charge in [-0.15, -0.1) is 11.3 Å². The molecule has 3 heterocycles. The lowest BCUT2D eigenvalue weighted by atomic mass is 10.1. The Bertz CT molecular complexity index is 1390. The van der Waals surface area contributed by atoms with Crippen molar-refractivity contribution in [3.63, 3.8) is 0 Å². The van der Waals surface area contributed by atoms with Gasteiger partial charge in [-0.3, -0.25) is 0 Å². The highest BCUT2D eigenvalue weighted by Gasteiger charge is 2.10. The number of hydrogen-bond acceptors (Lipinski definition) is 3. The molecule has 2 aromatic carbocycles. The Hall–Kier alpha value is -3.81. The summed E-state index contributed by atoms with van der Waals surface area (Å²) < 4.78 is 7.36. The van der Waals surface area contributed by atoms with E-state index in [9.17, 15) is 0 Å². The van der Waals surface area contributed by atoms with Crippen LogP contribution in [0.25, 0.3) is 16.2 Å². The molecule has 3 aromatic heterocycles. The molecule has 5 rings (SSSR count). The van der Waals surface area contributed by atoms with Gasteiger partial charge in [-0.2, -0.15) is 0 Å². The number of rotatable bonds is 4. The predicted molar refractivity (Wildman–Crippen MR) is 127 cm³/mol. The van der Waals surface area contributed by atoms with Crippen LogP contribution in [0, 0.1) is 11.8 Å². The zero-order valence-electron chi connectivity index (χ0n) is 17.1. The first kappa shape index (κ1) is 19.2. The predicted octanol–water partition coefficient (Wildman–Crippen LogP) is 6.06. The largest absolute Gasteiger partial charge is 0.497 e. The van der Waals surface area contributed by atoms with Crippen molar-refractivity contribution in [3.05, 3.63) is 113 Å². The summed E-state index contributed by atoms with van der Waals surface area (Å²) >= 11 is 1.67. The third-order valence-electron chi connectivity index (χ3n) is 5.08. The second-order valence-electron chi connectivity index (χ2n) is 7.20. The van der Waals surface area contributed by atoms with Crippen LogP contribution in [0.4, 0.5) is 0 Å². The number of hydrogen-bond donors (Lipinski definition) is 0. The molecular weight excluding hydrogens is 400 g/mol. The number of pyridine rings is 1. The summed E-state index contributed by atoms with van der Waals surface area (Å²) in [6.45, 7) is 0. The van der Waals surface area contributed by atoms with Crippen LogP contribution in [0.2, 0.25) is 0 Å². The molecule has 0 saturated heterocycles. The van der Waals surface area contributed by atoms with Crippen molar-refractivity contribution in [1.82, 2.24) is 9.38 Å². The van der Waals surface area contributed by atoms with Crippen LogP contribution in [0.5, 0.6) is 5.75 Å². The van der Waals surface area contributed by atoms with Crippen molar-refractivity contribution in [1.29, 1.82) is 0 Å². The van der Waals surface area contributed by atoms with Crippen LogP contribution < -0.4 is 4.74 Å². The zero-order chi connectivity index (χ0) is 21.0. The highest BCUT2D eigenvalue weighted by Crippen LogP contribution is 2.28. The Kier molecular flexibility index (Phi) is 5.26. The van der Waals surface area contributed by atoms with Gasteiger partial charge >= 0.3 is 0 Å². The lowest BCUT2D eigenvalue weighted by molar-refractivity contribution is 0.414. The maximum absolute atomic E-state index is 5.26. The van der Waals surface area contributed by atoms with Gasteiger partial charge in [0, 0.05) is 24.4 Å². The molecule has 0 amide bonds. The molecule has 4 heteroatoms. The SMILES string of the molecule is COc1ccc(Cc2cccn3cc(-c4ccc(C#Cc5ccccc5)s4)nc23)cc1. The standard InChI is InChI=1S/C27H20N2OS/c1-30-23-12-9-21(10-13-23)18-22-8-5-17-29-19-25(28-27(22)29)26-16-15-24(31-26)14-11-20-6-3-2-4-7-20/h2-10,12-13,15-17,19H,18H2,1H3. The van der Waals surface area contributed by atoms with E-state index in [0.29, 0.717) is 0 Å². The van der Waals surface area contributed by atoms with E-state index in [2.05, 4.69) is 58.8 Å². The number of fused-ring (bicyclic) bond motifs is 1. The van der Waals surface area contributed by atoms with Crippen LogP contribution >= 0.6 is 11.3 Å². The number of aromatic nitrogens is 2. The first-order chi connectivity index (χ1) is 15.3. The van der Waals surface area contributed by atoms with Crippen molar-refractivity contribution in [3.8, 4) is 28.2 Å². The van der Waals surface area contributed by atoms with E-state index in [1.165, 1.54) is 11.1 Å². The maximum Gasteiger partial charge on any atom is 0.141 e. The first-order valence-corrected chi connectivity index (χ1v) is 10.9. The third-order valence-corrected chi connectivity index (χ3v) is 6.10. The van der Waals surface area contributed by atoms with Gasteiger partial charge in [0.05, 0.1) is 22.6 Å². The Balaban J connectivity index is 1.42. The molecule has 0 aliphatic heterocycles. The van der Waals surface area contributed by atoms with Crippen molar-refractivity contribution >= 4 is 17.0 Å². The molecule has 0 unspecified atom stereocenters. The van der Waals surface area contributed by atoms with Gasteiger partial charge < -0.3 is 9.14 Å². The third kappa shape index (κ3) is 4.23. The van der Waals surface area contributed by atoms with E-state index in [0.717, 1.165) is 38.8 Å².